The molecule has 2 aromatic carbocycles. The molecule has 1 N–H and O–H groups in total. The van der Waals surface area contributed by atoms with Gasteiger partial charge in [0.25, 0.3) is 5.91 Å². The highest BCUT2D eigenvalue weighted by atomic mass is 16.6. The van der Waals surface area contributed by atoms with Gasteiger partial charge in [-0.05, 0) is 42.8 Å². The summed E-state index contributed by atoms with van der Waals surface area (Å²) in [7, 11) is 4.55. The molecule has 3 amide bonds. The Balaban J connectivity index is 1.69. The first kappa shape index (κ1) is 26.4. The second-order valence-electron chi connectivity index (χ2n) is 7.81. The van der Waals surface area contributed by atoms with E-state index in [2.05, 4.69) is 5.32 Å². The molecule has 0 atom stereocenters. The van der Waals surface area contributed by atoms with Gasteiger partial charge in [0.05, 0.1) is 39.2 Å². The van der Waals surface area contributed by atoms with E-state index in [1.807, 2.05) is 0 Å². The lowest BCUT2D eigenvalue weighted by Gasteiger charge is -2.34. The van der Waals surface area contributed by atoms with Crippen molar-refractivity contribution in [2.24, 2.45) is 0 Å². The largest absolute Gasteiger partial charge is 0.493 e. The normalized spacial score (nSPS) is 13.3. The maximum Gasteiger partial charge on any atom is 0.409 e. The van der Waals surface area contributed by atoms with Crippen LogP contribution in [0.5, 0.6) is 17.2 Å². The smallest absolute Gasteiger partial charge is 0.409 e. The maximum absolute atomic E-state index is 13.2. The number of benzene rings is 2. The van der Waals surface area contributed by atoms with Crippen LogP contribution in [0.2, 0.25) is 0 Å². The fourth-order valence-corrected chi connectivity index (χ4v) is 3.80. The van der Waals surface area contributed by atoms with Crippen molar-refractivity contribution in [1.82, 2.24) is 9.80 Å². The molecule has 10 nitrogen and oxygen atoms in total. The van der Waals surface area contributed by atoms with E-state index < -0.39 is 5.91 Å². The van der Waals surface area contributed by atoms with Crippen molar-refractivity contribution >= 4 is 29.7 Å². The highest BCUT2D eigenvalue weighted by Gasteiger charge is 2.26. The van der Waals surface area contributed by atoms with Crippen LogP contribution in [-0.2, 0) is 9.53 Å². The predicted octanol–water partition coefficient (Wildman–Crippen LogP) is 3.28. The van der Waals surface area contributed by atoms with Crippen molar-refractivity contribution in [3.63, 3.8) is 0 Å². The first-order chi connectivity index (χ1) is 17.4. The van der Waals surface area contributed by atoms with E-state index in [1.165, 1.54) is 27.4 Å². The zero-order chi connectivity index (χ0) is 26.1. The monoisotopic (exact) mass is 497 g/mol. The van der Waals surface area contributed by atoms with Gasteiger partial charge in [0, 0.05) is 32.3 Å². The summed E-state index contributed by atoms with van der Waals surface area (Å²) in [5, 5.41) is 2.78. The number of methoxy groups -OCH3 is 3. The third kappa shape index (κ3) is 6.26. The molecule has 1 aliphatic rings. The van der Waals surface area contributed by atoms with E-state index in [-0.39, 0.29) is 12.0 Å². The quantitative estimate of drug-likeness (QED) is 0.558. The third-order valence-electron chi connectivity index (χ3n) is 5.62. The van der Waals surface area contributed by atoms with Crippen molar-refractivity contribution in [3.8, 4) is 17.2 Å². The van der Waals surface area contributed by atoms with Gasteiger partial charge in [-0.2, -0.15) is 0 Å². The van der Waals surface area contributed by atoms with Crippen molar-refractivity contribution in [2.75, 3.05) is 59.4 Å². The van der Waals surface area contributed by atoms with E-state index in [9.17, 15) is 14.4 Å². The fraction of sp³-hybridized carbons (Fsp3) is 0.346. The summed E-state index contributed by atoms with van der Waals surface area (Å²) in [6.45, 7) is 3.58. The zero-order valence-corrected chi connectivity index (χ0v) is 20.9. The minimum absolute atomic E-state index is 0.219. The zero-order valence-electron chi connectivity index (χ0n) is 20.9. The molecule has 1 heterocycles. The van der Waals surface area contributed by atoms with E-state index in [1.54, 1.807) is 59.2 Å². The van der Waals surface area contributed by atoms with Crippen molar-refractivity contribution in [1.29, 1.82) is 0 Å². The molecule has 0 unspecified atom stereocenters. The van der Waals surface area contributed by atoms with Gasteiger partial charge in [0.2, 0.25) is 11.7 Å². The van der Waals surface area contributed by atoms with Crippen LogP contribution in [0.3, 0.4) is 0 Å². The Labute approximate surface area is 210 Å². The lowest BCUT2D eigenvalue weighted by atomic mass is 10.1. The molecule has 0 spiro atoms. The van der Waals surface area contributed by atoms with Crippen molar-refractivity contribution < 1.29 is 33.3 Å². The van der Waals surface area contributed by atoms with Crippen LogP contribution >= 0.6 is 0 Å². The summed E-state index contributed by atoms with van der Waals surface area (Å²) in [6.07, 6.45) is 2.59. The number of amides is 3. The SMILES string of the molecule is CCOC(=O)N1CCN(C(=O)c2ccccc2NC(=O)/C=C/c2cc(OC)c(OC)c(OC)c2)CC1. The van der Waals surface area contributed by atoms with Gasteiger partial charge >= 0.3 is 6.09 Å². The minimum Gasteiger partial charge on any atom is -0.493 e. The highest BCUT2D eigenvalue weighted by Crippen LogP contribution is 2.38. The molecule has 1 saturated heterocycles. The molecule has 2 aromatic rings. The van der Waals surface area contributed by atoms with Gasteiger partial charge in [-0.25, -0.2) is 4.79 Å². The lowest BCUT2D eigenvalue weighted by Crippen LogP contribution is -2.50. The summed E-state index contributed by atoms with van der Waals surface area (Å²) >= 11 is 0. The van der Waals surface area contributed by atoms with Gasteiger partial charge in [-0.1, -0.05) is 12.1 Å². The van der Waals surface area contributed by atoms with E-state index >= 15 is 0 Å². The molecule has 1 aliphatic heterocycles. The number of carbonyl (C=O) groups is 3. The maximum atomic E-state index is 13.2. The van der Waals surface area contributed by atoms with Crippen LogP contribution in [-0.4, -0.2) is 81.8 Å². The third-order valence-corrected chi connectivity index (χ3v) is 5.62. The summed E-state index contributed by atoms with van der Waals surface area (Å²) in [6, 6.07) is 10.3. The Morgan fingerprint density at radius 3 is 2.11 bits per heavy atom. The molecule has 0 aliphatic carbocycles. The second-order valence-corrected chi connectivity index (χ2v) is 7.81. The molecule has 3 rings (SSSR count). The first-order valence-corrected chi connectivity index (χ1v) is 11.5. The molecular formula is C26H31N3O7. The number of carbonyl (C=O) groups excluding carboxylic acids is 3. The van der Waals surface area contributed by atoms with Gasteiger partial charge < -0.3 is 34.1 Å². The standard InChI is InChI=1S/C26H31N3O7/c1-5-36-26(32)29-14-12-28(13-15-29)25(31)19-8-6-7-9-20(19)27-23(30)11-10-18-16-21(33-2)24(35-4)22(17-18)34-3/h6-11,16-17H,5,12-15H2,1-4H3,(H,27,30)/b11-10+. The van der Waals surface area contributed by atoms with Gasteiger partial charge in [-0.15, -0.1) is 0 Å². The van der Waals surface area contributed by atoms with Crippen molar-refractivity contribution in [2.45, 2.75) is 6.92 Å². The Kier molecular flexibility index (Phi) is 9.15. The van der Waals surface area contributed by atoms with E-state index in [0.717, 1.165) is 0 Å². The molecular weight excluding hydrogens is 466 g/mol. The van der Waals surface area contributed by atoms with Crippen LogP contribution in [0.15, 0.2) is 42.5 Å². The number of hydrogen-bond acceptors (Lipinski definition) is 7. The van der Waals surface area contributed by atoms with Gasteiger partial charge in [0.15, 0.2) is 11.5 Å². The van der Waals surface area contributed by atoms with Crippen LogP contribution in [0, 0.1) is 0 Å². The first-order valence-electron chi connectivity index (χ1n) is 11.5. The van der Waals surface area contributed by atoms with Crippen LogP contribution < -0.4 is 19.5 Å². The number of para-hydroxylation sites is 1. The number of ether oxygens (including phenoxy) is 4. The van der Waals surface area contributed by atoms with Crippen LogP contribution in [0.4, 0.5) is 10.5 Å². The molecule has 192 valence electrons. The Morgan fingerprint density at radius 2 is 1.53 bits per heavy atom. The second kappa shape index (κ2) is 12.5. The lowest BCUT2D eigenvalue weighted by molar-refractivity contribution is -0.111. The molecule has 10 heteroatoms. The van der Waals surface area contributed by atoms with Crippen LogP contribution in [0.25, 0.3) is 6.08 Å². The average Bonchev–Trinajstić information content (AvgIpc) is 2.91. The average molecular weight is 498 g/mol. The number of nitrogens with one attached hydrogen (secondary N) is 1. The number of rotatable bonds is 8. The molecule has 1 fully saturated rings. The molecule has 36 heavy (non-hydrogen) atoms. The number of nitrogens with zero attached hydrogens (tertiary/aromatic N) is 2. The molecule has 0 saturated carbocycles. The molecule has 0 bridgehead atoms. The van der Waals surface area contributed by atoms with E-state index in [0.29, 0.717) is 66.8 Å². The van der Waals surface area contributed by atoms with Gasteiger partial charge in [0.1, 0.15) is 0 Å². The topological polar surface area (TPSA) is 107 Å². The van der Waals surface area contributed by atoms with E-state index in [4.69, 9.17) is 18.9 Å². The number of piperazine rings is 1. The highest BCUT2D eigenvalue weighted by molar-refractivity contribution is 6.07. The summed E-state index contributed by atoms with van der Waals surface area (Å²) in [5.41, 5.74) is 1.44. The fourth-order valence-electron chi connectivity index (χ4n) is 3.80. The number of hydrogen-bond donors (Lipinski definition) is 1. The Hall–Kier alpha value is -4.21. The minimum atomic E-state index is -0.406. The Bertz CT molecular complexity index is 1100. The van der Waals surface area contributed by atoms with Crippen LogP contribution in [0.1, 0.15) is 22.8 Å². The molecule has 0 aromatic heterocycles. The summed E-state index contributed by atoms with van der Waals surface area (Å²) in [4.78, 5) is 41.0. The van der Waals surface area contributed by atoms with Crippen molar-refractivity contribution in [3.05, 3.63) is 53.6 Å². The van der Waals surface area contributed by atoms with Gasteiger partial charge in [-0.3, -0.25) is 9.59 Å². The summed E-state index contributed by atoms with van der Waals surface area (Å²) < 4.78 is 21.0. The summed E-state index contributed by atoms with van der Waals surface area (Å²) in [5.74, 6) is 0.767. The molecule has 0 radical (unpaired) electrons. The number of anilines is 1. The predicted molar refractivity (Wildman–Crippen MR) is 135 cm³/mol. The Morgan fingerprint density at radius 1 is 0.917 bits per heavy atom.